The number of nitrogens with zero attached hydrogens (tertiary/aromatic N) is 1. The van der Waals surface area contributed by atoms with E-state index in [9.17, 15) is 18.5 Å². The lowest BCUT2D eigenvalue weighted by Crippen LogP contribution is -2.08. The van der Waals surface area contributed by atoms with Gasteiger partial charge in [0.1, 0.15) is 0 Å². The summed E-state index contributed by atoms with van der Waals surface area (Å²) in [5.41, 5.74) is 0. The second-order valence-electron chi connectivity index (χ2n) is 1.94. The molecule has 0 radical (unpaired) electrons. The van der Waals surface area contributed by atoms with Crippen LogP contribution in [0.25, 0.3) is 0 Å². The van der Waals surface area contributed by atoms with Crippen molar-refractivity contribution in [2.45, 2.75) is 6.42 Å². The molecule has 0 bridgehead atoms. The van der Waals surface area contributed by atoms with E-state index in [0.29, 0.717) is 0 Å². The summed E-state index contributed by atoms with van der Waals surface area (Å²) >= 11 is 0. The van der Waals surface area contributed by atoms with Crippen LogP contribution in [0.5, 0.6) is 0 Å². The maximum absolute atomic E-state index is 10.3. The first-order chi connectivity index (χ1) is 4.92. The Morgan fingerprint density at radius 3 is 2.45 bits per heavy atom. The Labute approximate surface area is 64.4 Å². The van der Waals surface area contributed by atoms with Gasteiger partial charge in [-0.05, 0) is 0 Å². The molecule has 0 spiro atoms. The minimum Gasteiger partial charge on any atom is -0.270 e. The minimum absolute atomic E-state index is 0.111. The average molecular weight is 183 g/mol. The average Bonchev–Trinajstić information content (AvgIpc) is 1.78. The van der Waals surface area contributed by atoms with E-state index in [1.165, 1.54) is 0 Å². The molecule has 6 nitrogen and oxygen atoms in total. The van der Waals surface area contributed by atoms with E-state index in [-0.39, 0.29) is 19.6 Å². The number of hydrogen-bond donors (Lipinski definition) is 0. The van der Waals surface area contributed by atoms with Crippen molar-refractivity contribution < 1.29 is 17.5 Å². The van der Waals surface area contributed by atoms with Gasteiger partial charge >= 0.3 is 0 Å². The standard InChI is InChI=1S/C4H9NO5S/c1-11(8,9)10-4-2-3-5(6)7/h2-4H2,1H3. The van der Waals surface area contributed by atoms with Gasteiger partial charge in [-0.3, -0.25) is 14.3 Å². The van der Waals surface area contributed by atoms with Crippen molar-refractivity contribution in [2.75, 3.05) is 19.4 Å². The lowest BCUT2D eigenvalue weighted by Gasteiger charge is -1.96. The van der Waals surface area contributed by atoms with Gasteiger partial charge in [-0.2, -0.15) is 8.42 Å². The Kier molecular flexibility index (Phi) is 3.98. The van der Waals surface area contributed by atoms with Crippen LogP contribution < -0.4 is 0 Å². The molecule has 0 aliphatic rings. The molecule has 0 unspecified atom stereocenters. The topological polar surface area (TPSA) is 86.5 Å². The van der Waals surface area contributed by atoms with E-state index < -0.39 is 15.0 Å². The highest BCUT2D eigenvalue weighted by Gasteiger charge is 2.02. The largest absolute Gasteiger partial charge is 0.270 e. The highest BCUT2D eigenvalue weighted by atomic mass is 32.2. The Morgan fingerprint density at radius 1 is 1.55 bits per heavy atom. The normalized spacial score (nSPS) is 11.4. The van der Waals surface area contributed by atoms with Crippen molar-refractivity contribution in [3.05, 3.63) is 10.1 Å². The lowest BCUT2D eigenvalue weighted by atomic mass is 10.5. The predicted octanol–water partition coefficient (Wildman–Crippen LogP) is -0.371. The molecule has 0 saturated heterocycles. The first-order valence-corrected chi connectivity index (χ1v) is 4.69. The summed E-state index contributed by atoms with van der Waals surface area (Å²) in [6.45, 7) is -0.394. The summed E-state index contributed by atoms with van der Waals surface area (Å²) in [5.74, 6) is 0. The van der Waals surface area contributed by atoms with Gasteiger partial charge in [0.25, 0.3) is 10.1 Å². The molecule has 7 heteroatoms. The van der Waals surface area contributed by atoms with E-state index in [0.717, 1.165) is 6.26 Å². The quantitative estimate of drug-likeness (QED) is 0.251. The van der Waals surface area contributed by atoms with E-state index in [1.54, 1.807) is 0 Å². The molecule has 0 aromatic carbocycles. The molecule has 0 aliphatic carbocycles. The number of nitro groups is 1. The molecule has 0 aliphatic heterocycles. The summed E-state index contributed by atoms with van der Waals surface area (Å²) < 4.78 is 24.8. The lowest BCUT2D eigenvalue weighted by molar-refractivity contribution is -0.480. The molecular formula is C4H9NO5S. The Hall–Kier alpha value is -0.690. The van der Waals surface area contributed by atoms with Crippen LogP contribution in [-0.2, 0) is 14.3 Å². The Balaban J connectivity index is 3.37. The minimum atomic E-state index is -3.44. The maximum Gasteiger partial charge on any atom is 0.264 e. The second-order valence-corrected chi connectivity index (χ2v) is 3.58. The summed E-state index contributed by atoms with van der Waals surface area (Å²) in [6, 6.07) is 0. The van der Waals surface area contributed by atoms with Crippen molar-refractivity contribution in [2.24, 2.45) is 0 Å². The number of hydrogen-bond acceptors (Lipinski definition) is 5. The summed E-state index contributed by atoms with van der Waals surface area (Å²) in [7, 11) is -3.44. The zero-order chi connectivity index (χ0) is 8.91. The van der Waals surface area contributed by atoms with Gasteiger partial charge in [-0.25, -0.2) is 0 Å². The maximum atomic E-state index is 10.3. The van der Waals surface area contributed by atoms with Crippen LogP contribution >= 0.6 is 0 Å². The van der Waals surface area contributed by atoms with Crippen LogP contribution in [-0.4, -0.2) is 32.7 Å². The highest BCUT2D eigenvalue weighted by Crippen LogP contribution is 1.89. The monoisotopic (exact) mass is 183 g/mol. The molecule has 0 saturated carbocycles. The van der Waals surface area contributed by atoms with Gasteiger partial charge in [0.2, 0.25) is 6.54 Å². The van der Waals surface area contributed by atoms with Gasteiger partial charge in [0.15, 0.2) is 0 Å². The van der Waals surface area contributed by atoms with Gasteiger partial charge in [-0.1, -0.05) is 0 Å². The molecule has 0 fully saturated rings. The van der Waals surface area contributed by atoms with E-state index >= 15 is 0 Å². The van der Waals surface area contributed by atoms with Crippen LogP contribution in [0.3, 0.4) is 0 Å². The van der Waals surface area contributed by atoms with Crippen molar-refractivity contribution in [3.63, 3.8) is 0 Å². The van der Waals surface area contributed by atoms with Gasteiger partial charge < -0.3 is 0 Å². The molecule has 0 atom stereocenters. The van der Waals surface area contributed by atoms with Gasteiger partial charge in [-0.15, -0.1) is 0 Å². The predicted molar refractivity (Wildman–Crippen MR) is 37.3 cm³/mol. The van der Waals surface area contributed by atoms with Crippen molar-refractivity contribution in [3.8, 4) is 0 Å². The van der Waals surface area contributed by atoms with Crippen molar-refractivity contribution in [1.82, 2.24) is 0 Å². The third kappa shape index (κ3) is 9.31. The molecule has 0 aromatic heterocycles. The molecular weight excluding hydrogens is 174 g/mol. The molecule has 0 aromatic rings. The van der Waals surface area contributed by atoms with Crippen LogP contribution in [0.1, 0.15) is 6.42 Å². The van der Waals surface area contributed by atoms with Crippen LogP contribution in [0, 0.1) is 10.1 Å². The highest BCUT2D eigenvalue weighted by molar-refractivity contribution is 7.85. The second kappa shape index (κ2) is 4.24. The molecule has 0 heterocycles. The SMILES string of the molecule is CS(=O)(=O)OCCC[N+](=O)[O-]. The van der Waals surface area contributed by atoms with Gasteiger partial charge in [0, 0.05) is 11.3 Å². The van der Waals surface area contributed by atoms with Crippen molar-refractivity contribution >= 4 is 10.1 Å². The Bertz CT molecular complexity index is 221. The fourth-order valence-corrected chi connectivity index (χ4v) is 0.825. The fraction of sp³-hybridized carbons (Fsp3) is 1.00. The molecule has 66 valence electrons. The van der Waals surface area contributed by atoms with Crippen LogP contribution in [0.4, 0.5) is 0 Å². The third-order valence-corrected chi connectivity index (χ3v) is 1.38. The smallest absolute Gasteiger partial charge is 0.264 e. The van der Waals surface area contributed by atoms with Gasteiger partial charge in [0.05, 0.1) is 12.9 Å². The number of rotatable bonds is 5. The van der Waals surface area contributed by atoms with Crippen LogP contribution in [0.2, 0.25) is 0 Å². The van der Waals surface area contributed by atoms with E-state index in [4.69, 9.17) is 0 Å². The molecule has 0 rings (SSSR count). The van der Waals surface area contributed by atoms with Crippen molar-refractivity contribution in [1.29, 1.82) is 0 Å². The van der Waals surface area contributed by atoms with E-state index in [1.807, 2.05) is 0 Å². The summed E-state index contributed by atoms with van der Waals surface area (Å²) in [6.07, 6.45) is 1.01. The zero-order valence-electron chi connectivity index (χ0n) is 6.02. The summed E-state index contributed by atoms with van der Waals surface area (Å²) in [5, 5.41) is 9.72. The first kappa shape index (κ1) is 10.3. The Morgan fingerprint density at radius 2 is 2.09 bits per heavy atom. The summed E-state index contributed by atoms with van der Waals surface area (Å²) in [4.78, 5) is 9.20. The first-order valence-electron chi connectivity index (χ1n) is 2.88. The molecule has 0 amide bonds. The fourth-order valence-electron chi connectivity index (χ4n) is 0.404. The molecule has 11 heavy (non-hydrogen) atoms. The van der Waals surface area contributed by atoms with Crippen LogP contribution in [0.15, 0.2) is 0 Å². The van der Waals surface area contributed by atoms with E-state index in [2.05, 4.69) is 4.18 Å². The third-order valence-electron chi connectivity index (χ3n) is 0.782. The zero-order valence-corrected chi connectivity index (χ0v) is 6.83. The molecule has 0 N–H and O–H groups in total.